The third-order valence-corrected chi connectivity index (χ3v) is 5.62. The number of fused-ring (bicyclic) bond motifs is 2. The number of para-hydroxylation sites is 2. The van der Waals surface area contributed by atoms with Crippen LogP contribution in [-0.2, 0) is 17.4 Å². The normalized spacial score (nSPS) is 14.8. The van der Waals surface area contributed by atoms with Gasteiger partial charge in [-0.2, -0.15) is 4.57 Å². The fourth-order valence-electron chi connectivity index (χ4n) is 3.19. The van der Waals surface area contributed by atoms with Crippen molar-refractivity contribution in [3.63, 3.8) is 0 Å². The van der Waals surface area contributed by atoms with Gasteiger partial charge in [0.15, 0.2) is 0 Å². The van der Waals surface area contributed by atoms with Gasteiger partial charge in [0.05, 0.1) is 10.7 Å². The van der Waals surface area contributed by atoms with Gasteiger partial charge in [0.1, 0.15) is 7.05 Å². The molecule has 8 heteroatoms. The molecule has 0 amide bonds. The number of pyridine rings is 1. The van der Waals surface area contributed by atoms with Gasteiger partial charge in [-0.1, -0.05) is 36.0 Å². The van der Waals surface area contributed by atoms with Crippen LogP contribution in [0.25, 0.3) is 17.0 Å². The average molecular weight is 417 g/mol. The van der Waals surface area contributed by atoms with Gasteiger partial charge in [0, 0.05) is 35.5 Å². The SMILES string of the molecule is Cc1cccc2c1N(C)/C(=C/c1ccc3ccccc3[n+]1C)S2.O=S(=O)([O-])O. The quantitative estimate of drug-likeness (QED) is 0.371. The molecule has 0 fully saturated rings. The highest BCUT2D eigenvalue weighted by molar-refractivity contribution is 8.03. The molecular weight excluding hydrogens is 396 g/mol. The Bertz CT molecular complexity index is 1170. The van der Waals surface area contributed by atoms with E-state index in [-0.39, 0.29) is 0 Å². The van der Waals surface area contributed by atoms with Crippen LogP contribution < -0.4 is 9.47 Å². The fourth-order valence-corrected chi connectivity index (χ4v) is 4.37. The summed E-state index contributed by atoms with van der Waals surface area (Å²) in [7, 11) is -0.633. The zero-order valence-corrected chi connectivity index (χ0v) is 17.3. The van der Waals surface area contributed by atoms with Gasteiger partial charge in [-0.05, 0) is 30.7 Å². The number of thioether (sulfide) groups is 1. The second-order valence-electron chi connectivity index (χ2n) is 6.37. The lowest BCUT2D eigenvalue weighted by atomic mass is 10.2. The molecule has 2 aromatic carbocycles. The first kappa shape index (κ1) is 20.3. The number of nitrogens with zero attached hydrogens (tertiary/aromatic N) is 2. The van der Waals surface area contributed by atoms with E-state index in [1.807, 2.05) is 11.8 Å². The molecule has 0 unspecified atom stereocenters. The Kier molecular flexibility index (Phi) is 5.76. The minimum atomic E-state index is -4.92. The highest BCUT2D eigenvalue weighted by Gasteiger charge is 2.24. The predicted octanol–water partition coefficient (Wildman–Crippen LogP) is 3.52. The molecule has 28 heavy (non-hydrogen) atoms. The zero-order valence-electron chi connectivity index (χ0n) is 15.7. The standard InChI is InChI=1S/C20H19N2S.H2O4S/c1-14-7-6-10-18-20(14)22(3)19(23-18)13-16-12-11-15-8-4-5-9-17(15)21(16)2;1-5(2,3)4/h4-13H,1-3H3;(H2,1,2,3,4)/q+1;/p-1. The summed E-state index contributed by atoms with van der Waals surface area (Å²) in [5, 5.41) is 2.53. The maximum atomic E-state index is 8.63. The van der Waals surface area contributed by atoms with Gasteiger partial charge in [-0.3, -0.25) is 4.55 Å². The summed E-state index contributed by atoms with van der Waals surface area (Å²) in [6.07, 6.45) is 2.27. The van der Waals surface area contributed by atoms with Crippen LogP contribution >= 0.6 is 11.8 Å². The Morgan fingerprint density at radius 1 is 1.11 bits per heavy atom. The molecular formula is C20H20N2O4S2. The van der Waals surface area contributed by atoms with E-state index in [0.29, 0.717) is 0 Å². The van der Waals surface area contributed by atoms with Gasteiger partial charge in [-0.15, -0.1) is 0 Å². The molecule has 2 heterocycles. The van der Waals surface area contributed by atoms with Gasteiger partial charge in [0.2, 0.25) is 21.6 Å². The summed E-state index contributed by atoms with van der Waals surface area (Å²) in [5.41, 5.74) is 5.11. The largest absolute Gasteiger partial charge is 0.726 e. The molecule has 6 nitrogen and oxygen atoms in total. The summed E-state index contributed by atoms with van der Waals surface area (Å²) in [5.74, 6) is 0. The minimum Gasteiger partial charge on any atom is -0.726 e. The van der Waals surface area contributed by atoms with Crippen molar-refractivity contribution in [2.24, 2.45) is 7.05 Å². The van der Waals surface area contributed by atoms with Crippen LogP contribution in [-0.4, -0.2) is 24.6 Å². The van der Waals surface area contributed by atoms with Gasteiger partial charge < -0.3 is 9.45 Å². The predicted molar refractivity (Wildman–Crippen MR) is 111 cm³/mol. The molecule has 1 aromatic heterocycles. The Morgan fingerprint density at radius 2 is 1.79 bits per heavy atom. The van der Waals surface area contributed by atoms with Crippen LogP contribution in [0.3, 0.4) is 0 Å². The molecule has 1 N–H and O–H groups in total. The van der Waals surface area contributed by atoms with Crippen LogP contribution in [0.5, 0.6) is 0 Å². The minimum absolute atomic E-state index is 1.21. The molecule has 1 aliphatic heterocycles. The van der Waals surface area contributed by atoms with Crippen LogP contribution in [0.15, 0.2) is 64.5 Å². The lowest BCUT2D eigenvalue weighted by molar-refractivity contribution is -0.646. The van der Waals surface area contributed by atoms with Crippen molar-refractivity contribution in [2.75, 3.05) is 11.9 Å². The molecule has 1 aliphatic rings. The van der Waals surface area contributed by atoms with Crippen molar-refractivity contribution >= 4 is 44.8 Å². The number of rotatable bonds is 1. The van der Waals surface area contributed by atoms with Gasteiger partial charge >= 0.3 is 0 Å². The van der Waals surface area contributed by atoms with E-state index < -0.39 is 10.4 Å². The van der Waals surface area contributed by atoms with Crippen molar-refractivity contribution in [3.8, 4) is 0 Å². The van der Waals surface area contributed by atoms with Crippen molar-refractivity contribution in [1.29, 1.82) is 0 Å². The third kappa shape index (κ3) is 4.53. The van der Waals surface area contributed by atoms with E-state index in [9.17, 15) is 0 Å². The molecule has 4 rings (SSSR count). The molecule has 3 aromatic rings. The summed E-state index contributed by atoms with van der Waals surface area (Å²) < 4.78 is 35.1. The lowest BCUT2D eigenvalue weighted by Crippen LogP contribution is -2.32. The molecule has 0 saturated carbocycles. The van der Waals surface area contributed by atoms with Crippen molar-refractivity contribution in [1.82, 2.24) is 0 Å². The second kappa shape index (κ2) is 7.92. The second-order valence-corrected chi connectivity index (χ2v) is 8.29. The van der Waals surface area contributed by atoms with Crippen LogP contribution in [0, 0.1) is 6.92 Å². The summed E-state index contributed by atoms with van der Waals surface area (Å²) in [6, 6.07) is 19.4. The highest BCUT2D eigenvalue weighted by atomic mass is 32.3. The van der Waals surface area contributed by atoms with Gasteiger partial charge in [0.25, 0.3) is 0 Å². The number of benzene rings is 2. The first-order valence-corrected chi connectivity index (χ1v) is 10.6. The number of hydrogen-bond donors (Lipinski definition) is 1. The van der Waals surface area contributed by atoms with Gasteiger partial charge in [-0.25, -0.2) is 8.42 Å². The zero-order chi connectivity index (χ0) is 20.5. The lowest BCUT2D eigenvalue weighted by Gasteiger charge is -2.15. The fraction of sp³-hybridized carbons (Fsp3) is 0.150. The molecule has 0 radical (unpaired) electrons. The first-order chi connectivity index (χ1) is 13.1. The molecule has 0 bridgehead atoms. The van der Waals surface area contributed by atoms with E-state index >= 15 is 0 Å². The van der Waals surface area contributed by atoms with Crippen molar-refractivity contribution in [2.45, 2.75) is 11.8 Å². The Hall–Kier alpha value is -2.39. The smallest absolute Gasteiger partial charge is 0.215 e. The monoisotopic (exact) mass is 416 g/mol. The van der Waals surface area contributed by atoms with Crippen molar-refractivity contribution in [3.05, 3.63) is 70.9 Å². The van der Waals surface area contributed by atoms with E-state index in [4.69, 9.17) is 17.5 Å². The summed E-state index contributed by atoms with van der Waals surface area (Å²) in [6.45, 7) is 2.18. The van der Waals surface area contributed by atoms with Crippen LogP contribution in [0.4, 0.5) is 5.69 Å². The Balaban J connectivity index is 0.000000403. The Morgan fingerprint density at radius 3 is 2.46 bits per heavy atom. The maximum Gasteiger partial charge on any atom is 0.215 e. The molecule has 146 valence electrons. The number of hydrogen-bond acceptors (Lipinski definition) is 5. The molecule has 0 spiro atoms. The summed E-state index contributed by atoms with van der Waals surface area (Å²) in [4.78, 5) is 3.63. The van der Waals surface area contributed by atoms with E-state index in [1.54, 1.807) is 0 Å². The molecule has 0 aliphatic carbocycles. The number of anilines is 1. The van der Waals surface area contributed by atoms with E-state index in [2.05, 4.69) is 91.2 Å². The van der Waals surface area contributed by atoms with E-state index in [1.165, 1.54) is 37.8 Å². The van der Waals surface area contributed by atoms with E-state index in [0.717, 1.165) is 0 Å². The summed E-state index contributed by atoms with van der Waals surface area (Å²) >= 11 is 1.84. The van der Waals surface area contributed by atoms with Crippen LogP contribution in [0.1, 0.15) is 11.3 Å². The molecule has 0 saturated heterocycles. The molecule has 0 atom stereocenters. The third-order valence-electron chi connectivity index (χ3n) is 4.47. The Labute approximate surface area is 168 Å². The topological polar surface area (TPSA) is 84.6 Å². The highest BCUT2D eigenvalue weighted by Crippen LogP contribution is 2.47. The average Bonchev–Trinajstić information content (AvgIpc) is 2.93. The number of aryl methyl sites for hydroxylation is 2. The first-order valence-electron chi connectivity index (χ1n) is 8.44. The van der Waals surface area contributed by atoms with Crippen molar-refractivity contribution < 1.29 is 22.1 Å². The maximum absolute atomic E-state index is 8.63. The number of aromatic nitrogens is 1. The van der Waals surface area contributed by atoms with Crippen LogP contribution in [0.2, 0.25) is 0 Å².